The molecule has 1 N–H and O–H groups in total. The Hall–Kier alpha value is -3.47. The number of hydrogen-bond donors (Lipinski definition) is 1. The second-order valence-corrected chi connectivity index (χ2v) is 8.33. The number of anilines is 1. The van der Waals surface area contributed by atoms with Crippen molar-refractivity contribution in [1.29, 1.82) is 0 Å². The van der Waals surface area contributed by atoms with E-state index in [0.717, 1.165) is 29.4 Å². The van der Waals surface area contributed by atoms with Gasteiger partial charge in [0, 0.05) is 30.5 Å². The molecule has 0 aromatic heterocycles. The molecule has 0 saturated heterocycles. The molecule has 0 aliphatic rings. The predicted molar refractivity (Wildman–Crippen MR) is 109 cm³/mol. The third kappa shape index (κ3) is 5.54. The van der Waals surface area contributed by atoms with Gasteiger partial charge in [-0.25, -0.2) is 8.42 Å². The summed E-state index contributed by atoms with van der Waals surface area (Å²) in [6, 6.07) is 9.66. The Labute approximate surface area is 173 Å². The van der Waals surface area contributed by atoms with Gasteiger partial charge in [-0.2, -0.15) is 0 Å². The lowest BCUT2D eigenvalue weighted by atomic mass is 10.1. The molecule has 0 saturated carbocycles. The summed E-state index contributed by atoms with van der Waals surface area (Å²) in [5.74, 6) is -0.776. The molecule has 0 spiro atoms. The molecule has 2 amide bonds. The Kier molecular flexibility index (Phi) is 7.11. The average molecular weight is 435 g/mol. The minimum Gasteiger partial charge on any atom is -0.495 e. The van der Waals surface area contributed by atoms with Crippen LogP contribution in [0.4, 0.5) is 11.4 Å². The highest BCUT2D eigenvalue weighted by molar-refractivity contribution is 7.90. The molecule has 2 aromatic carbocycles. The Morgan fingerprint density at radius 1 is 1.20 bits per heavy atom. The van der Waals surface area contributed by atoms with Gasteiger partial charge in [-0.15, -0.1) is 0 Å². The molecule has 0 atom stereocenters. The molecule has 0 aliphatic heterocycles. The fourth-order valence-corrected chi connectivity index (χ4v) is 3.32. The largest absolute Gasteiger partial charge is 0.495 e. The highest BCUT2D eigenvalue weighted by Gasteiger charge is 2.23. The molecular weight excluding hydrogens is 414 g/mol. The zero-order valence-corrected chi connectivity index (χ0v) is 17.4. The summed E-state index contributed by atoms with van der Waals surface area (Å²) in [5.41, 5.74) is -0.310. The molecule has 11 heteroatoms. The molecule has 160 valence electrons. The first-order chi connectivity index (χ1) is 14.1. The first-order valence-electron chi connectivity index (χ1n) is 8.78. The maximum atomic E-state index is 12.8. The van der Waals surface area contributed by atoms with Crippen LogP contribution in [0.15, 0.2) is 47.4 Å². The maximum absolute atomic E-state index is 12.8. The summed E-state index contributed by atoms with van der Waals surface area (Å²) >= 11 is 0. The quantitative estimate of drug-likeness (QED) is 0.495. The number of nitrogens with zero attached hydrogens (tertiary/aromatic N) is 2. The van der Waals surface area contributed by atoms with Gasteiger partial charge in [-0.05, 0) is 25.1 Å². The van der Waals surface area contributed by atoms with Gasteiger partial charge in [0.2, 0.25) is 5.91 Å². The first kappa shape index (κ1) is 22.8. The van der Waals surface area contributed by atoms with E-state index in [1.54, 1.807) is 31.2 Å². The van der Waals surface area contributed by atoms with Crippen molar-refractivity contribution in [1.82, 2.24) is 4.90 Å². The number of nitro benzene ring substituents is 1. The van der Waals surface area contributed by atoms with E-state index in [1.165, 1.54) is 7.11 Å². The molecule has 10 nitrogen and oxygen atoms in total. The van der Waals surface area contributed by atoms with Crippen LogP contribution in [0.3, 0.4) is 0 Å². The van der Waals surface area contributed by atoms with Crippen molar-refractivity contribution < 1.29 is 27.7 Å². The number of hydrogen-bond acceptors (Lipinski definition) is 7. The number of ether oxygens (including phenoxy) is 1. The van der Waals surface area contributed by atoms with Gasteiger partial charge < -0.3 is 15.0 Å². The molecule has 0 heterocycles. The summed E-state index contributed by atoms with van der Waals surface area (Å²) in [4.78, 5) is 36.4. The van der Waals surface area contributed by atoms with Crippen molar-refractivity contribution in [3.63, 3.8) is 0 Å². The fourth-order valence-electron chi connectivity index (χ4n) is 2.65. The van der Waals surface area contributed by atoms with Gasteiger partial charge in [0.1, 0.15) is 12.3 Å². The van der Waals surface area contributed by atoms with Gasteiger partial charge in [-0.1, -0.05) is 12.1 Å². The second-order valence-electron chi connectivity index (χ2n) is 6.31. The standard InChI is InChI=1S/C19H21N3O7S/c1-4-21(12-18(23)20-16-7-5-6-8-17(16)29-2)19(24)13-9-14(22(25)26)11-15(10-13)30(3,27)28/h5-11H,4,12H2,1-3H3,(H,20,23). The van der Waals surface area contributed by atoms with Crippen LogP contribution in [-0.2, 0) is 14.6 Å². The summed E-state index contributed by atoms with van der Waals surface area (Å²) in [5, 5.41) is 13.8. The summed E-state index contributed by atoms with van der Waals surface area (Å²) in [6.45, 7) is 1.41. The van der Waals surface area contributed by atoms with Crippen LogP contribution in [0.1, 0.15) is 17.3 Å². The van der Waals surface area contributed by atoms with Crippen LogP contribution in [0.5, 0.6) is 5.75 Å². The Balaban J connectivity index is 2.28. The number of non-ortho nitro benzene ring substituents is 1. The summed E-state index contributed by atoms with van der Waals surface area (Å²) in [7, 11) is -2.33. The van der Waals surface area contributed by atoms with Crippen molar-refractivity contribution in [3.05, 3.63) is 58.1 Å². The lowest BCUT2D eigenvalue weighted by Gasteiger charge is -2.21. The molecule has 0 aliphatic carbocycles. The normalized spacial score (nSPS) is 10.9. The number of para-hydroxylation sites is 2. The van der Waals surface area contributed by atoms with E-state index in [9.17, 15) is 28.1 Å². The SMILES string of the molecule is CCN(CC(=O)Nc1ccccc1OC)C(=O)c1cc([N+](=O)[O-])cc(S(C)(=O)=O)c1. The van der Waals surface area contributed by atoms with Gasteiger partial charge in [0.25, 0.3) is 11.6 Å². The lowest BCUT2D eigenvalue weighted by molar-refractivity contribution is -0.385. The summed E-state index contributed by atoms with van der Waals surface area (Å²) < 4.78 is 28.8. The van der Waals surface area contributed by atoms with E-state index in [-0.39, 0.29) is 23.5 Å². The Morgan fingerprint density at radius 3 is 2.43 bits per heavy atom. The van der Waals surface area contributed by atoms with E-state index >= 15 is 0 Å². The number of sulfone groups is 1. The van der Waals surface area contributed by atoms with Gasteiger partial charge in [-0.3, -0.25) is 19.7 Å². The molecule has 30 heavy (non-hydrogen) atoms. The number of rotatable bonds is 8. The topological polar surface area (TPSA) is 136 Å². The minimum absolute atomic E-state index is 0.120. The third-order valence-corrected chi connectivity index (χ3v) is 5.25. The number of amides is 2. The lowest BCUT2D eigenvalue weighted by Crippen LogP contribution is -2.38. The maximum Gasteiger partial charge on any atom is 0.271 e. The van der Waals surface area contributed by atoms with Gasteiger partial charge in [0.05, 0.1) is 22.6 Å². The third-order valence-electron chi connectivity index (χ3n) is 4.16. The van der Waals surface area contributed by atoms with E-state index in [0.29, 0.717) is 11.4 Å². The highest BCUT2D eigenvalue weighted by atomic mass is 32.2. The molecule has 0 bridgehead atoms. The first-order valence-corrected chi connectivity index (χ1v) is 10.7. The van der Waals surface area contributed by atoms with Crippen molar-refractivity contribution in [2.24, 2.45) is 0 Å². The van der Waals surface area contributed by atoms with Crippen LogP contribution in [0.25, 0.3) is 0 Å². The van der Waals surface area contributed by atoms with Crippen LogP contribution < -0.4 is 10.1 Å². The number of carbonyl (C=O) groups is 2. The van der Waals surface area contributed by atoms with E-state index in [1.807, 2.05) is 0 Å². The molecule has 0 radical (unpaired) electrons. The van der Waals surface area contributed by atoms with Crippen LogP contribution in [-0.4, -0.2) is 56.5 Å². The number of nitrogens with one attached hydrogen (secondary N) is 1. The van der Waals surface area contributed by atoms with E-state index in [4.69, 9.17) is 4.74 Å². The van der Waals surface area contributed by atoms with Gasteiger partial charge in [0.15, 0.2) is 9.84 Å². The van der Waals surface area contributed by atoms with Crippen LogP contribution in [0, 0.1) is 10.1 Å². The predicted octanol–water partition coefficient (Wildman–Crippen LogP) is 2.11. The van der Waals surface area contributed by atoms with Crippen LogP contribution >= 0.6 is 0 Å². The highest BCUT2D eigenvalue weighted by Crippen LogP contribution is 2.24. The second kappa shape index (κ2) is 9.35. The van der Waals surface area contributed by atoms with Crippen molar-refractivity contribution in [2.75, 3.05) is 31.8 Å². The molecule has 2 rings (SSSR count). The zero-order valence-electron chi connectivity index (χ0n) is 16.6. The monoisotopic (exact) mass is 435 g/mol. The summed E-state index contributed by atoms with van der Waals surface area (Å²) in [6.07, 6.45) is 0.887. The number of methoxy groups -OCH3 is 1. The van der Waals surface area contributed by atoms with Crippen LogP contribution in [0.2, 0.25) is 0 Å². The number of benzene rings is 2. The number of likely N-dealkylation sites (N-methyl/N-ethyl adjacent to an activating group) is 1. The van der Waals surface area contributed by atoms with Crippen molar-refractivity contribution >= 4 is 33.0 Å². The molecule has 0 fully saturated rings. The van der Waals surface area contributed by atoms with Crippen molar-refractivity contribution in [3.8, 4) is 5.75 Å². The van der Waals surface area contributed by atoms with Crippen molar-refractivity contribution in [2.45, 2.75) is 11.8 Å². The number of nitro groups is 1. The smallest absolute Gasteiger partial charge is 0.271 e. The van der Waals surface area contributed by atoms with E-state index < -0.39 is 32.3 Å². The molecule has 2 aromatic rings. The fraction of sp³-hybridized carbons (Fsp3) is 0.263. The zero-order chi connectivity index (χ0) is 22.5. The number of carbonyl (C=O) groups excluding carboxylic acids is 2. The minimum atomic E-state index is -3.79. The molecular formula is C19H21N3O7S. The average Bonchev–Trinajstić information content (AvgIpc) is 2.70. The molecule has 0 unspecified atom stereocenters. The Bertz CT molecular complexity index is 1080. The van der Waals surface area contributed by atoms with E-state index in [2.05, 4.69) is 5.32 Å². The Morgan fingerprint density at radius 2 is 1.87 bits per heavy atom. The van der Waals surface area contributed by atoms with Gasteiger partial charge >= 0.3 is 0 Å².